The summed E-state index contributed by atoms with van der Waals surface area (Å²) >= 11 is 0. The van der Waals surface area contributed by atoms with Crippen LogP contribution in [0.4, 0.5) is 13.2 Å². The molecule has 1 N–H and O–H groups in total. The van der Waals surface area contributed by atoms with E-state index in [0.717, 1.165) is 34.0 Å². The molecular formula is C20H15F3N2O. The van der Waals surface area contributed by atoms with Gasteiger partial charge in [0.2, 0.25) is 0 Å². The van der Waals surface area contributed by atoms with E-state index in [-0.39, 0.29) is 16.7 Å². The first-order chi connectivity index (χ1) is 12.3. The Labute approximate surface area is 146 Å². The van der Waals surface area contributed by atoms with Gasteiger partial charge in [-0.1, -0.05) is 23.8 Å². The Morgan fingerprint density at radius 2 is 1.77 bits per heavy atom. The third kappa shape index (κ3) is 2.49. The van der Waals surface area contributed by atoms with Crippen LogP contribution in [-0.4, -0.2) is 9.55 Å². The highest BCUT2D eigenvalue weighted by Crippen LogP contribution is 2.33. The third-order valence-corrected chi connectivity index (χ3v) is 4.63. The van der Waals surface area contributed by atoms with E-state index in [0.29, 0.717) is 5.65 Å². The molecule has 0 spiro atoms. The smallest absolute Gasteiger partial charge is 0.341 e. The lowest BCUT2D eigenvalue weighted by Gasteiger charge is -2.10. The fraction of sp³-hybridized carbons (Fsp3) is 0.150. The maximum absolute atomic E-state index is 13.0. The zero-order chi connectivity index (χ0) is 18.6. The Hall–Kier alpha value is -3.02. The molecule has 0 unspecified atom stereocenters. The lowest BCUT2D eigenvalue weighted by atomic mass is 10.0. The SMILES string of the molecule is Cc1ccc2[nH]c3c(cc(-c4cccc(C(F)(F)F)c4)c(=O)n3C)c2c1. The van der Waals surface area contributed by atoms with Crippen molar-refractivity contribution in [3.63, 3.8) is 0 Å². The minimum atomic E-state index is -4.46. The monoisotopic (exact) mass is 356 g/mol. The Balaban J connectivity index is 2.05. The summed E-state index contributed by atoms with van der Waals surface area (Å²) in [7, 11) is 1.62. The first-order valence-electron chi connectivity index (χ1n) is 8.05. The van der Waals surface area contributed by atoms with Gasteiger partial charge in [-0.25, -0.2) is 0 Å². The predicted octanol–water partition coefficient (Wildman–Crippen LogP) is 5.01. The van der Waals surface area contributed by atoms with Crippen LogP contribution in [0.25, 0.3) is 33.1 Å². The van der Waals surface area contributed by atoms with Gasteiger partial charge in [-0.2, -0.15) is 13.2 Å². The molecule has 0 aliphatic rings. The predicted molar refractivity (Wildman–Crippen MR) is 96.2 cm³/mol. The van der Waals surface area contributed by atoms with Gasteiger partial charge >= 0.3 is 6.18 Å². The number of halogens is 3. The molecule has 4 aromatic rings. The summed E-state index contributed by atoms with van der Waals surface area (Å²) in [6.45, 7) is 1.97. The molecule has 0 saturated heterocycles. The highest BCUT2D eigenvalue weighted by atomic mass is 19.4. The molecule has 2 heterocycles. The van der Waals surface area contributed by atoms with Crippen molar-refractivity contribution in [2.45, 2.75) is 13.1 Å². The molecule has 132 valence electrons. The van der Waals surface area contributed by atoms with Crippen LogP contribution in [0.2, 0.25) is 0 Å². The molecule has 2 aromatic carbocycles. The summed E-state index contributed by atoms with van der Waals surface area (Å²) in [6.07, 6.45) is -4.46. The summed E-state index contributed by atoms with van der Waals surface area (Å²) in [5, 5.41) is 1.74. The van der Waals surface area contributed by atoms with Crippen molar-refractivity contribution in [1.82, 2.24) is 9.55 Å². The van der Waals surface area contributed by atoms with Crippen molar-refractivity contribution in [2.24, 2.45) is 7.05 Å². The van der Waals surface area contributed by atoms with Crippen LogP contribution >= 0.6 is 0 Å². The number of pyridine rings is 1. The van der Waals surface area contributed by atoms with E-state index in [1.54, 1.807) is 13.1 Å². The van der Waals surface area contributed by atoms with Crippen LogP contribution in [0.1, 0.15) is 11.1 Å². The van der Waals surface area contributed by atoms with Gasteiger partial charge in [0.25, 0.3) is 5.56 Å². The Kier molecular flexibility index (Phi) is 3.47. The zero-order valence-electron chi connectivity index (χ0n) is 14.1. The lowest BCUT2D eigenvalue weighted by molar-refractivity contribution is -0.137. The van der Waals surface area contributed by atoms with Gasteiger partial charge in [-0.05, 0) is 42.8 Å². The minimum absolute atomic E-state index is 0.244. The van der Waals surface area contributed by atoms with Crippen molar-refractivity contribution in [3.8, 4) is 11.1 Å². The Morgan fingerprint density at radius 3 is 2.50 bits per heavy atom. The topological polar surface area (TPSA) is 37.8 Å². The highest BCUT2D eigenvalue weighted by molar-refractivity contribution is 6.07. The first kappa shape index (κ1) is 16.4. The Morgan fingerprint density at radius 1 is 1.00 bits per heavy atom. The standard InChI is InChI=1S/C20H15F3N2O/c1-11-6-7-17-15(8-11)16-10-14(19(26)25(2)18(16)24-17)12-4-3-5-13(9-12)20(21,22)23/h3-10,24H,1-2H3. The fourth-order valence-electron chi connectivity index (χ4n) is 3.28. The van der Waals surface area contributed by atoms with Gasteiger partial charge in [-0.15, -0.1) is 0 Å². The number of nitrogens with one attached hydrogen (secondary N) is 1. The second kappa shape index (κ2) is 5.49. The number of aryl methyl sites for hydroxylation is 2. The molecule has 0 bridgehead atoms. The fourth-order valence-corrected chi connectivity index (χ4v) is 3.28. The van der Waals surface area contributed by atoms with Crippen molar-refractivity contribution in [2.75, 3.05) is 0 Å². The van der Waals surface area contributed by atoms with E-state index in [1.807, 2.05) is 25.1 Å². The van der Waals surface area contributed by atoms with Gasteiger partial charge in [0.15, 0.2) is 0 Å². The van der Waals surface area contributed by atoms with Crippen LogP contribution in [-0.2, 0) is 13.2 Å². The van der Waals surface area contributed by atoms with Gasteiger partial charge < -0.3 is 4.98 Å². The number of H-pyrrole nitrogens is 1. The van der Waals surface area contributed by atoms with E-state index in [2.05, 4.69) is 4.98 Å². The molecule has 0 aliphatic heterocycles. The van der Waals surface area contributed by atoms with Crippen molar-refractivity contribution in [1.29, 1.82) is 0 Å². The summed E-state index contributed by atoms with van der Waals surface area (Å²) < 4.78 is 40.5. The molecule has 0 amide bonds. The molecular weight excluding hydrogens is 341 g/mol. The van der Waals surface area contributed by atoms with E-state index >= 15 is 0 Å². The number of hydrogen-bond donors (Lipinski definition) is 1. The number of fused-ring (bicyclic) bond motifs is 3. The minimum Gasteiger partial charge on any atom is -0.341 e. The third-order valence-electron chi connectivity index (χ3n) is 4.63. The molecule has 0 radical (unpaired) electrons. The molecule has 26 heavy (non-hydrogen) atoms. The van der Waals surface area contributed by atoms with E-state index in [1.165, 1.54) is 16.7 Å². The number of benzene rings is 2. The van der Waals surface area contributed by atoms with E-state index in [9.17, 15) is 18.0 Å². The number of hydrogen-bond acceptors (Lipinski definition) is 1. The molecule has 0 aliphatic carbocycles. The number of rotatable bonds is 1. The van der Waals surface area contributed by atoms with Crippen molar-refractivity contribution in [3.05, 3.63) is 70.0 Å². The molecule has 3 nitrogen and oxygen atoms in total. The quantitative estimate of drug-likeness (QED) is 0.511. The Bertz CT molecular complexity index is 1220. The number of nitrogens with zero attached hydrogens (tertiary/aromatic N) is 1. The van der Waals surface area contributed by atoms with Crippen LogP contribution in [0.3, 0.4) is 0 Å². The van der Waals surface area contributed by atoms with Gasteiger partial charge in [0.1, 0.15) is 5.65 Å². The van der Waals surface area contributed by atoms with Gasteiger partial charge in [0.05, 0.1) is 5.56 Å². The zero-order valence-corrected chi connectivity index (χ0v) is 14.1. The average Bonchev–Trinajstić information content (AvgIpc) is 2.95. The summed E-state index contributed by atoms with van der Waals surface area (Å²) in [4.78, 5) is 16.0. The summed E-state index contributed by atoms with van der Waals surface area (Å²) in [5.74, 6) is 0. The van der Waals surface area contributed by atoms with Crippen LogP contribution in [0, 0.1) is 6.92 Å². The summed E-state index contributed by atoms with van der Waals surface area (Å²) in [6, 6.07) is 12.4. The molecule has 0 saturated carbocycles. The van der Waals surface area contributed by atoms with Crippen molar-refractivity contribution >= 4 is 21.9 Å². The summed E-state index contributed by atoms with van der Waals surface area (Å²) in [5.41, 5.74) is 1.96. The largest absolute Gasteiger partial charge is 0.416 e. The molecule has 4 rings (SSSR count). The molecule has 6 heteroatoms. The van der Waals surface area contributed by atoms with E-state index < -0.39 is 11.7 Å². The second-order valence-electron chi connectivity index (χ2n) is 6.44. The molecule has 2 aromatic heterocycles. The van der Waals surface area contributed by atoms with Gasteiger partial charge in [0, 0.05) is 28.9 Å². The lowest BCUT2D eigenvalue weighted by Crippen LogP contribution is -2.19. The maximum atomic E-state index is 13.0. The maximum Gasteiger partial charge on any atom is 0.416 e. The average molecular weight is 356 g/mol. The number of aromatic nitrogens is 2. The first-order valence-corrected chi connectivity index (χ1v) is 8.05. The van der Waals surface area contributed by atoms with E-state index in [4.69, 9.17) is 0 Å². The normalized spacial score (nSPS) is 12.2. The van der Waals surface area contributed by atoms with Gasteiger partial charge in [-0.3, -0.25) is 9.36 Å². The second-order valence-corrected chi connectivity index (χ2v) is 6.44. The molecule has 0 fully saturated rings. The van der Waals surface area contributed by atoms with Crippen LogP contribution < -0.4 is 5.56 Å². The number of aromatic amines is 1. The highest BCUT2D eigenvalue weighted by Gasteiger charge is 2.30. The van der Waals surface area contributed by atoms with Crippen LogP contribution in [0.5, 0.6) is 0 Å². The number of alkyl halides is 3. The van der Waals surface area contributed by atoms with Crippen molar-refractivity contribution < 1.29 is 13.2 Å². The molecule has 0 atom stereocenters. The van der Waals surface area contributed by atoms with Crippen LogP contribution in [0.15, 0.2) is 53.3 Å².